The molecule has 0 aromatic heterocycles. The van der Waals surface area contributed by atoms with Gasteiger partial charge in [0.2, 0.25) is 0 Å². The van der Waals surface area contributed by atoms with Gasteiger partial charge in [-0.2, -0.15) is 0 Å². The lowest BCUT2D eigenvalue weighted by atomic mass is 9.96. The van der Waals surface area contributed by atoms with Gasteiger partial charge < -0.3 is 15.4 Å². The SMILES string of the molecule is CN(CCC1CCOCC1)C(=O)c1ccc(CN)cc1. The Labute approximate surface area is 120 Å². The van der Waals surface area contributed by atoms with Crippen LogP contribution in [0, 0.1) is 5.92 Å². The highest BCUT2D eigenvalue weighted by molar-refractivity contribution is 5.94. The van der Waals surface area contributed by atoms with Crippen molar-refractivity contribution in [2.45, 2.75) is 25.8 Å². The number of benzene rings is 1. The number of carbonyl (C=O) groups is 1. The van der Waals surface area contributed by atoms with Crippen LogP contribution >= 0.6 is 0 Å². The third kappa shape index (κ3) is 4.05. The second kappa shape index (κ2) is 7.41. The molecule has 1 heterocycles. The highest BCUT2D eigenvalue weighted by Crippen LogP contribution is 2.19. The van der Waals surface area contributed by atoms with Crippen molar-refractivity contribution >= 4 is 5.91 Å². The van der Waals surface area contributed by atoms with E-state index in [0.717, 1.165) is 50.1 Å². The predicted molar refractivity (Wildman–Crippen MR) is 79.5 cm³/mol. The van der Waals surface area contributed by atoms with E-state index < -0.39 is 0 Å². The molecule has 1 amide bonds. The Hall–Kier alpha value is -1.39. The molecule has 0 bridgehead atoms. The van der Waals surface area contributed by atoms with E-state index in [-0.39, 0.29) is 5.91 Å². The summed E-state index contributed by atoms with van der Waals surface area (Å²) >= 11 is 0. The molecule has 0 unspecified atom stereocenters. The van der Waals surface area contributed by atoms with E-state index in [9.17, 15) is 4.79 Å². The standard InChI is InChI=1S/C16H24N2O2/c1-18(9-6-13-7-10-20-11-8-13)16(19)15-4-2-14(12-17)3-5-15/h2-5,13H,6-12,17H2,1H3. The number of hydrogen-bond donors (Lipinski definition) is 1. The molecule has 1 aliphatic rings. The Morgan fingerprint density at radius 3 is 2.55 bits per heavy atom. The summed E-state index contributed by atoms with van der Waals surface area (Å²) in [6.07, 6.45) is 3.30. The van der Waals surface area contributed by atoms with Crippen LogP contribution in [0.3, 0.4) is 0 Å². The van der Waals surface area contributed by atoms with Gasteiger partial charge in [-0.15, -0.1) is 0 Å². The van der Waals surface area contributed by atoms with Crippen molar-refractivity contribution in [1.29, 1.82) is 0 Å². The molecule has 0 aliphatic carbocycles. The molecule has 20 heavy (non-hydrogen) atoms. The Morgan fingerprint density at radius 2 is 1.95 bits per heavy atom. The van der Waals surface area contributed by atoms with Crippen molar-refractivity contribution in [3.63, 3.8) is 0 Å². The van der Waals surface area contributed by atoms with E-state index in [1.807, 2.05) is 36.2 Å². The summed E-state index contributed by atoms with van der Waals surface area (Å²) in [5.74, 6) is 0.777. The molecule has 0 saturated carbocycles. The smallest absolute Gasteiger partial charge is 0.253 e. The highest BCUT2D eigenvalue weighted by atomic mass is 16.5. The lowest BCUT2D eigenvalue weighted by Crippen LogP contribution is -2.30. The lowest BCUT2D eigenvalue weighted by molar-refractivity contribution is 0.0583. The minimum Gasteiger partial charge on any atom is -0.381 e. The first-order chi connectivity index (χ1) is 9.70. The molecule has 1 aliphatic heterocycles. The van der Waals surface area contributed by atoms with Crippen LogP contribution in [0.15, 0.2) is 24.3 Å². The van der Waals surface area contributed by atoms with Crippen LogP contribution in [0.4, 0.5) is 0 Å². The average Bonchev–Trinajstić information content (AvgIpc) is 2.53. The fourth-order valence-electron chi connectivity index (χ4n) is 2.52. The Morgan fingerprint density at radius 1 is 1.30 bits per heavy atom. The van der Waals surface area contributed by atoms with Crippen LogP contribution in [0.25, 0.3) is 0 Å². The minimum absolute atomic E-state index is 0.0839. The van der Waals surface area contributed by atoms with E-state index in [1.54, 1.807) is 0 Å². The summed E-state index contributed by atoms with van der Waals surface area (Å²) in [5, 5.41) is 0. The van der Waals surface area contributed by atoms with Crippen LogP contribution in [0.1, 0.15) is 35.2 Å². The van der Waals surface area contributed by atoms with Gasteiger partial charge in [-0.05, 0) is 42.9 Å². The Balaban J connectivity index is 1.83. The molecular formula is C16H24N2O2. The summed E-state index contributed by atoms with van der Waals surface area (Å²) in [5.41, 5.74) is 7.34. The first-order valence-electron chi connectivity index (χ1n) is 7.33. The zero-order chi connectivity index (χ0) is 14.4. The summed E-state index contributed by atoms with van der Waals surface area (Å²) in [6.45, 7) is 3.04. The number of nitrogens with two attached hydrogens (primary N) is 1. The molecule has 0 radical (unpaired) electrons. The third-order valence-electron chi connectivity index (χ3n) is 4.00. The lowest BCUT2D eigenvalue weighted by Gasteiger charge is -2.25. The van der Waals surface area contributed by atoms with Crippen LogP contribution in [0.2, 0.25) is 0 Å². The number of rotatable bonds is 5. The number of ether oxygens (including phenoxy) is 1. The van der Waals surface area contributed by atoms with Crippen molar-refractivity contribution in [2.24, 2.45) is 11.7 Å². The first-order valence-corrected chi connectivity index (χ1v) is 7.33. The van der Waals surface area contributed by atoms with Crippen molar-refractivity contribution < 1.29 is 9.53 Å². The van der Waals surface area contributed by atoms with Gasteiger partial charge in [0.05, 0.1) is 0 Å². The minimum atomic E-state index is 0.0839. The second-order valence-corrected chi connectivity index (χ2v) is 5.47. The first kappa shape index (κ1) is 15.0. The molecule has 4 heteroatoms. The maximum absolute atomic E-state index is 12.3. The zero-order valence-corrected chi connectivity index (χ0v) is 12.2. The third-order valence-corrected chi connectivity index (χ3v) is 4.00. The fourth-order valence-corrected chi connectivity index (χ4v) is 2.52. The quantitative estimate of drug-likeness (QED) is 0.895. The van der Waals surface area contributed by atoms with E-state index in [4.69, 9.17) is 10.5 Å². The summed E-state index contributed by atoms with van der Waals surface area (Å²) in [6, 6.07) is 7.55. The van der Waals surface area contributed by atoms with E-state index in [1.165, 1.54) is 0 Å². The molecule has 2 rings (SSSR count). The Bertz CT molecular complexity index is 425. The largest absolute Gasteiger partial charge is 0.381 e. The molecule has 1 aromatic carbocycles. The van der Waals surface area contributed by atoms with Crippen molar-refractivity contribution in [3.05, 3.63) is 35.4 Å². The van der Waals surface area contributed by atoms with Crippen LogP contribution in [0.5, 0.6) is 0 Å². The Kier molecular flexibility index (Phi) is 5.56. The van der Waals surface area contributed by atoms with Crippen LogP contribution < -0.4 is 5.73 Å². The van der Waals surface area contributed by atoms with Crippen LogP contribution in [-0.2, 0) is 11.3 Å². The van der Waals surface area contributed by atoms with Crippen molar-refractivity contribution in [3.8, 4) is 0 Å². The number of carbonyl (C=O) groups excluding carboxylic acids is 1. The highest BCUT2D eigenvalue weighted by Gasteiger charge is 2.17. The van der Waals surface area contributed by atoms with Gasteiger partial charge in [-0.1, -0.05) is 12.1 Å². The average molecular weight is 276 g/mol. The normalized spacial score (nSPS) is 16.1. The number of amides is 1. The van der Waals surface area contributed by atoms with Gasteiger partial charge in [-0.25, -0.2) is 0 Å². The summed E-state index contributed by atoms with van der Waals surface area (Å²) in [7, 11) is 1.87. The number of hydrogen-bond acceptors (Lipinski definition) is 3. The monoisotopic (exact) mass is 276 g/mol. The second-order valence-electron chi connectivity index (χ2n) is 5.47. The van der Waals surface area contributed by atoms with Crippen LogP contribution in [-0.4, -0.2) is 37.6 Å². The fraction of sp³-hybridized carbons (Fsp3) is 0.562. The predicted octanol–water partition coefficient (Wildman–Crippen LogP) is 2.03. The molecule has 0 atom stereocenters. The molecular weight excluding hydrogens is 252 g/mol. The van der Waals surface area contributed by atoms with Gasteiger partial charge in [0, 0.05) is 38.9 Å². The van der Waals surface area contributed by atoms with Gasteiger partial charge in [0.25, 0.3) is 5.91 Å². The van der Waals surface area contributed by atoms with Gasteiger partial charge in [-0.3, -0.25) is 4.79 Å². The van der Waals surface area contributed by atoms with E-state index in [0.29, 0.717) is 12.5 Å². The zero-order valence-electron chi connectivity index (χ0n) is 12.2. The molecule has 1 fully saturated rings. The topological polar surface area (TPSA) is 55.6 Å². The maximum atomic E-state index is 12.3. The molecule has 1 aromatic rings. The van der Waals surface area contributed by atoms with Crippen molar-refractivity contribution in [2.75, 3.05) is 26.8 Å². The van der Waals surface area contributed by atoms with Gasteiger partial charge in [0.1, 0.15) is 0 Å². The van der Waals surface area contributed by atoms with Gasteiger partial charge >= 0.3 is 0 Å². The molecule has 2 N–H and O–H groups in total. The molecule has 0 spiro atoms. The number of nitrogens with zero attached hydrogens (tertiary/aromatic N) is 1. The summed E-state index contributed by atoms with van der Waals surface area (Å²) in [4.78, 5) is 14.1. The molecule has 4 nitrogen and oxygen atoms in total. The maximum Gasteiger partial charge on any atom is 0.253 e. The van der Waals surface area contributed by atoms with E-state index >= 15 is 0 Å². The molecule has 110 valence electrons. The van der Waals surface area contributed by atoms with Crippen molar-refractivity contribution in [1.82, 2.24) is 4.90 Å². The summed E-state index contributed by atoms with van der Waals surface area (Å²) < 4.78 is 5.35. The van der Waals surface area contributed by atoms with E-state index in [2.05, 4.69) is 0 Å². The van der Waals surface area contributed by atoms with Gasteiger partial charge in [0.15, 0.2) is 0 Å². The molecule has 1 saturated heterocycles.